The zero-order valence-corrected chi connectivity index (χ0v) is 12.6. The highest BCUT2D eigenvalue weighted by Crippen LogP contribution is 2.40. The number of hydrogen-bond donors (Lipinski definition) is 0. The van der Waals surface area contributed by atoms with Crippen LogP contribution in [0.25, 0.3) is 11.1 Å². The van der Waals surface area contributed by atoms with Crippen LogP contribution in [0.1, 0.15) is 22.0 Å². The van der Waals surface area contributed by atoms with Crippen molar-refractivity contribution >= 4 is 5.78 Å². The van der Waals surface area contributed by atoms with Crippen LogP contribution < -0.4 is 0 Å². The lowest BCUT2D eigenvalue weighted by Gasteiger charge is -2.03. The van der Waals surface area contributed by atoms with E-state index in [9.17, 15) is 4.79 Å². The Bertz CT molecular complexity index is 807. The average Bonchev–Trinajstić information content (AvgIpc) is 3.44. The van der Waals surface area contributed by atoms with Crippen LogP contribution >= 0.6 is 0 Å². The molecule has 0 amide bonds. The van der Waals surface area contributed by atoms with E-state index in [0.717, 1.165) is 16.7 Å². The fourth-order valence-electron chi connectivity index (χ4n) is 2.83. The molecule has 2 nitrogen and oxygen atoms in total. The van der Waals surface area contributed by atoms with Gasteiger partial charge < -0.3 is 4.74 Å². The Morgan fingerprint density at radius 1 is 0.696 bits per heavy atom. The molecule has 0 saturated carbocycles. The van der Waals surface area contributed by atoms with Gasteiger partial charge >= 0.3 is 0 Å². The van der Waals surface area contributed by atoms with E-state index in [1.54, 1.807) is 0 Å². The van der Waals surface area contributed by atoms with Crippen LogP contribution in [0.3, 0.4) is 0 Å². The van der Waals surface area contributed by atoms with Gasteiger partial charge in [-0.25, -0.2) is 0 Å². The number of Topliss-reactive ketones (excluding diaryl/α,β-unsaturated/α-hetero) is 1. The number of hydrogen-bond acceptors (Lipinski definition) is 2. The van der Waals surface area contributed by atoms with Gasteiger partial charge in [-0.15, -0.1) is 0 Å². The maximum Gasteiger partial charge on any atom is 0.194 e. The average molecular weight is 300 g/mol. The summed E-state index contributed by atoms with van der Waals surface area (Å²) in [6.07, 6.45) is -0.447. The number of benzene rings is 3. The first-order chi connectivity index (χ1) is 11.3. The third kappa shape index (κ3) is 2.81. The Hall–Kier alpha value is -2.71. The molecule has 2 atom stereocenters. The second-order valence-electron chi connectivity index (χ2n) is 5.70. The third-order valence-corrected chi connectivity index (χ3v) is 4.15. The fraction of sp³-hybridized carbons (Fsp3) is 0.0952. The molecule has 0 aliphatic carbocycles. The zero-order valence-electron chi connectivity index (χ0n) is 12.6. The first-order valence-electron chi connectivity index (χ1n) is 7.73. The minimum atomic E-state index is -0.347. The summed E-state index contributed by atoms with van der Waals surface area (Å²) in [5.41, 5.74) is 4.02. The molecule has 0 N–H and O–H groups in total. The number of rotatable bonds is 4. The van der Waals surface area contributed by atoms with Crippen LogP contribution in [0.5, 0.6) is 0 Å². The smallest absolute Gasteiger partial charge is 0.194 e. The van der Waals surface area contributed by atoms with Crippen LogP contribution in [0, 0.1) is 0 Å². The molecule has 0 spiro atoms. The summed E-state index contributed by atoms with van der Waals surface area (Å²) >= 11 is 0. The maximum absolute atomic E-state index is 12.5. The van der Waals surface area contributed by atoms with E-state index in [-0.39, 0.29) is 18.0 Å². The van der Waals surface area contributed by atoms with E-state index in [0.29, 0.717) is 5.56 Å². The third-order valence-electron chi connectivity index (χ3n) is 4.15. The standard InChI is InChI=1S/C21H16O2/c22-19(21-20(23-21)18-9-5-2-6-10-18)17-13-11-16(12-14-17)15-7-3-1-4-8-15/h1-14,20-21H. The van der Waals surface area contributed by atoms with Crippen molar-refractivity contribution in [2.75, 3.05) is 0 Å². The summed E-state index contributed by atoms with van der Waals surface area (Å²) in [5, 5.41) is 0. The lowest BCUT2D eigenvalue weighted by Crippen LogP contribution is -2.08. The molecule has 112 valence electrons. The number of ketones is 1. The summed E-state index contributed by atoms with van der Waals surface area (Å²) in [5.74, 6) is 0.0541. The molecule has 23 heavy (non-hydrogen) atoms. The maximum atomic E-state index is 12.5. The van der Waals surface area contributed by atoms with Gasteiger partial charge in [0.05, 0.1) is 0 Å². The minimum Gasteiger partial charge on any atom is -0.356 e. The molecule has 3 aromatic carbocycles. The van der Waals surface area contributed by atoms with Crippen LogP contribution in [-0.4, -0.2) is 11.9 Å². The Balaban J connectivity index is 1.50. The highest BCUT2D eigenvalue weighted by molar-refractivity contribution is 6.01. The molecule has 1 aliphatic rings. The Morgan fingerprint density at radius 3 is 1.91 bits per heavy atom. The Morgan fingerprint density at radius 2 is 1.26 bits per heavy atom. The van der Waals surface area contributed by atoms with Gasteiger partial charge in [0.15, 0.2) is 11.9 Å². The number of ether oxygens (including phenoxy) is 1. The summed E-state index contributed by atoms with van der Waals surface area (Å²) in [6.45, 7) is 0. The van der Waals surface area contributed by atoms with Crippen molar-refractivity contribution in [1.29, 1.82) is 0 Å². The van der Waals surface area contributed by atoms with Gasteiger partial charge in [-0.3, -0.25) is 4.79 Å². The predicted molar refractivity (Wildman–Crippen MR) is 90.3 cm³/mol. The van der Waals surface area contributed by atoms with E-state index in [2.05, 4.69) is 12.1 Å². The van der Waals surface area contributed by atoms with E-state index in [1.807, 2.05) is 72.8 Å². The second-order valence-corrected chi connectivity index (χ2v) is 5.70. The largest absolute Gasteiger partial charge is 0.356 e. The van der Waals surface area contributed by atoms with E-state index < -0.39 is 0 Å². The quantitative estimate of drug-likeness (QED) is 0.517. The summed E-state index contributed by atoms with van der Waals surface area (Å²) in [6, 6.07) is 27.8. The molecule has 1 heterocycles. The molecule has 2 unspecified atom stereocenters. The van der Waals surface area contributed by atoms with Crippen molar-refractivity contribution < 1.29 is 9.53 Å². The normalized spacial score (nSPS) is 19.3. The molecule has 3 aromatic rings. The fourth-order valence-corrected chi connectivity index (χ4v) is 2.83. The van der Waals surface area contributed by atoms with Gasteiger partial charge in [0, 0.05) is 5.56 Å². The zero-order chi connectivity index (χ0) is 15.6. The van der Waals surface area contributed by atoms with Crippen LogP contribution in [0.15, 0.2) is 84.9 Å². The molecule has 1 fully saturated rings. The molecule has 0 aromatic heterocycles. The highest BCUT2D eigenvalue weighted by atomic mass is 16.6. The first kappa shape index (κ1) is 13.9. The highest BCUT2D eigenvalue weighted by Gasteiger charge is 2.45. The minimum absolute atomic E-state index is 0.0541. The molecule has 1 saturated heterocycles. The summed E-state index contributed by atoms with van der Waals surface area (Å²) in [4.78, 5) is 12.5. The molecule has 2 heteroatoms. The van der Waals surface area contributed by atoms with E-state index >= 15 is 0 Å². The Kier molecular flexibility index (Phi) is 3.52. The van der Waals surface area contributed by atoms with Gasteiger partial charge in [-0.05, 0) is 16.7 Å². The van der Waals surface area contributed by atoms with Gasteiger partial charge in [-0.1, -0.05) is 84.9 Å². The van der Waals surface area contributed by atoms with Crippen molar-refractivity contribution in [2.24, 2.45) is 0 Å². The summed E-state index contributed by atoms with van der Waals surface area (Å²) < 4.78 is 5.58. The van der Waals surface area contributed by atoms with E-state index in [4.69, 9.17) is 4.74 Å². The summed E-state index contributed by atoms with van der Waals surface area (Å²) in [7, 11) is 0. The van der Waals surface area contributed by atoms with Crippen molar-refractivity contribution in [3.63, 3.8) is 0 Å². The predicted octanol–water partition coefficient (Wildman–Crippen LogP) is 4.68. The first-order valence-corrected chi connectivity index (χ1v) is 7.73. The lowest BCUT2D eigenvalue weighted by atomic mass is 9.99. The van der Waals surface area contributed by atoms with Crippen molar-refractivity contribution in [3.8, 4) is 11.1 Å². The van der Waals surface area contributed by atoms with Crippen molar-refractivity contribution in [2.45, 2.75) is 12.2 Å². The van der Waals surface area contributed by atoms with Crippen molar-refractivity contribution in [1.82, 2.24) is 0 Å². The lowest BCUT2D eigenvalue weighted by molar-refractivity contribution is 0.0953. The molecule has 4 rings (SSSR count). The molecule has 1 aliphatic heterocycles. The molecular weight excluding hydrogens is 284 g/mol. The van der Waals surface area contributed by atoms with Gasteiger partial charge in [-0.2, -0.15) is 0 Å². The van der Waals surface area contributed by atoms with Gasteiger partial charge in [0.2, 0.25) is 0 Å². The molecule has 0 bridgehead atoms. The van der Waals surface area contributed by atoms with Crippen molar-refractivity contribution in [3.05, 3.63) is 96.1 Å². The van der Waals surface area contributed by atoms with Crippen LogP contribution in [0.2, 0.25) is 0 Å². The van der Waals surface area contributed by atoms with Crippen LogP contribution in [-0.2, 0) is 4.74 Å². The number of carbonyl (C=O) groups excluding carboxylic acids is 1. The number of carbonyl (C=O) groups is 1. The molecule has 0 radical (unpaired) electrons. The second kappa shape index (κ2) is 5.82. The van der Waals surface area contributed by atoms with E-state index in [1.165, 1.54) is 0 Å². The SMILES string of the molecule is O=C(c1ccc(-c2ccccc2)cc1)C1OC1c1ccccc1. The topological polar surface area (TPSA) is 29.6 Å². The molecular formula is C21H16O2. The number of epoxide rings is 1. The van der Waals surface area contributed by atoms with Gasteiger partial charge in [0.1, 0.15) is 6.10 Å². The van der Waals surface area contributed by atoms with Gasteiger partial charge in [0.25, 0.3) is 0 Å². The van der Waals surface area contributed by atoms with Crippen LogP contribution in [0.4, 0.5) is 0 Å². The monoisotopic (exact) mass is 300 g/mol. The Labute approximate surface area is 135 Å².